The van der Waals surface area contributed by atoms with Crippen molar-refractivity contribution < 1.29 is 9.18 Å². The van der Waals surface area contributed by atoms with Gasteiger partial charge in [-0.25, -0.2) is 9.18 Å². The first-order valence-electron chi connectivity index (χ1n) is 5.76. The molecule has 6 heteroatoms. The van der Waals surface area contributed by atoms with E-state index in [0.29, 0.717) is 25.7 Å². The summed E-state index contributed by atoms with van der Waals surface area (Å²) in [5, 5.41) is 0. The summed E-state index contributed by atoms with van der Waals surface area (Å²) < 4.78 is 13.6. The van der Waals surface area contributed by atoms with Gasteiger partial charge in [-0.05, 0) is 59.0 Å². The van der Waals surface area contributed by atoms with E-state index in [9.17, 15) is 14.0 Å². The zero-order valence-corrected chi connectivity index (χ0v) is 12.2. The number of benzene rings is 2. The maximum Gasteiger partial charge on any atom is 0.323 e. The molecule has 0 aliphatic carbocycles. The molecule has 0 spiro atoms. The van der Waals surface area contributed by atoms with Crippen LogP contribution in [0.1, 0.15) is 15.9 Å². The topological polar surface area (TPSA) is 65.7 Å². The lowest BCUT2D eigenvalue weighted by Gasteiger charge is -2.04. The van der Waals surface area contributed by atoms with E-state index < -0.39 is 0 Å². The van der Waals surface area contributed by atoms with Gasteiger partial charge in [-0.3, -0.25) is 4.79 Å². The Morgan fingerprint density at radius 2 is 1.80 bits per heavy atom. The normalized spacial score (nSPS) is 10.9. The van der Waals surface area contributed by atoms with Gasteiger partial charge in [0.2, 0.25) is 0 Å². The van der Waals surface area contributed by atoms with Crippen LogP contribution in [0.15, 0.2) is 41.2 Å². The van der Waals surface area contributed by atoms with Crippen molar-refractivity contribution in [1.29, 1.82) is 0 Å². The van der Waals surface area contributed by atoms with Crippen molar-refractivity contribution in [1.82, 2.24) is 9.97 Å². The van der Waals surface area contributed by atoms with Crippen LogP contribution in [0.3, 0.4) is 0 Å². The number of hydrogen-bond acceptors (Lipinski definition) is 2. The molecule has 0 saturated heterocycles. The molecular weight excluding hydrogens is 374 g/mol. The largest absolute Gasteiger partial charge is 0.323 e. The molecular formula is C14H8FIN2O2. The van der Waals surface area contributed by atoms with E-state index >= 15 is 0 Å². The summed E-state index contributed by atoms with van der Waals surface area (Å²) in [5.74, 6) is -0.588. The monoisotopic (exact) mass is 382 g/mol. The maximum atomic E-state index is 13.1. The van der Waals surface area contributed by atoms with E-state index in [1.165, 1.54) is 18.2 Å². The van der Waals surface area contributed by atoms with E-state index in [1.807, 2.05) is 22.6 Å². The first kappa shape index (κ1) is 13.0. The summed E-state index contributed by atoms with van der Waals surface area (Å²) in [6.45, 7) is 0. The molecule has 2 N–H and O–H groups in total. The van der Waals surface area contributed by atoms with Crippen LogP contribution >= 0.6 is 22.6 Å². The summed E-state index contributed by atoms with van der Waals surface area (Å²) >= 11 is 1.93. The van der Waals surface area contributed by atoms with Gasteiger partial charge in [-0.15, -0.1) is 0 Å². The molecule has 3 rings (SSSR count). The van der Waals surface area contributed by atoms with Gasteiger partial charge in [0.05, 0.1) is 11.0 Å². The Morgan fingerprint density at radius 1 is 1.05 bits per heavy atom. The van der Waals surface area contributed by atoms with Gasteiger partial charge in [0.15, 0.2) is 5.78 Å². The van der Waals surface area contributed by atoms with Crippen molar-refractivity contribution in [3.63, 3.8) is 0 Å². The first-order valence-corrected chi connectivity index (χ1v) is 6.84. The molecule has 3 aromatic rings. The number of nitrogens with one attached hydrogen (secondary N) is 2. The SMILES string of the molecule is O=C(c1ccc2[nH]c(=O)[nH]c2c1)c1ccc(F)cc1I. The van der Waals surface area contributed by atoms with Gasteiger partial charge in [0, 0.05) is 14.7 Å². The van der Waals surface area contributed by atoms with Gasteiger partial charge in [-0.1, -0.05) is 0 Å². The van der Waals surface area contributed by atoms with Crippen LogP contribution in [-0.2, 0) is 0 Å². The summed E-state index contributed by atoms with van der Waals surface area (Å²) in [5.41, 5.74) is 1.76. The average molecular weight is 382 g/mol. The number of halogens is 2. The van der Waals surface area contributed by atoms with Crippen molar-refractivity contribution in [2.45, 2.75) is 0 Å². The molecule has 2 aromatic carbocycles. The molecule has 0 unspecified atom stereocenters. The molecule has 0 amide bonds. The highest BCUT2D eigenvalue weighted by atomic mass is 127. The second kappa shape index (κ2) is 4.86. The second-order valence-corrected chi connectivity index (χ2v) is 5.45. The zero-order chi connectivity index (χ0) is 14.3. The standard InChI is InChI=1S/C14H8FIN2O2/c15-8-2-3-9(10(16)6-8)13(19)7-1-4-11-12(5-7)18-14(20)17-11/h1-6H,(H2,17,18,20). The van der Waals surface area contributed by atoms with Gasteiger partial charge in [0.25, 0.3) is 0 Å². The Bertz CT molecular complexity index is 882. The molecule has 4 nitrogen and oxygen atoms in total. The molecule has 1 aromatic heterocycles. The zero-order valence-electron chi connectivity index (χ0n) is 10.0. The molecule has 0 aliphatic heterocycles. The summed E-state index contributed by atoms with van der Waals surface area (Å²) in [4.78, 5) is 28.8. The molecule has 0 aliphatic rings. The van der Waals surface area contributed by atoms with Crippen LogP contribution in [0.25, 0.3) is 11.0 Å². The molecule has 0 fully saturated rings. The Kier molecular flexibility index (Phi) is 3.17. The van der Waals surface area contributed by atoms with Crippen molar-refractivity contribution in [2.75, 3.05) is 0 Å². The Balaban J connectivity index is 2.09. The predicted octanol–water partition coefficient (Wildman–Crippen LogP) is 2.83. The number of fused-ring (bicyclic) bond motifs is 1. The molecule has 0 saturated carbocycles. The predicted molar refractivity (Wildman–Crippen MR) is 81.5 cm³/mol. The smallest absolute Gasteiger partial charge is 0.306 e. The van der Waals surface area contributed by atoms with Crippen LogP contribution in [-0.4, -0.2) is 15.8 Å². The fraction of sp³-hybridized carbons (Fsp3) is 0. The van der Waals surface area contributed by atoms with Crippen LogP contribution in [0, 0.1) is 9.39 Å². The van der Waals surface area contributed by atoms with E-state index in [2.05, 4.69) is 9.97 Å². The lowest BCUT2D eigenvalue weighted by molar-refractivity contribution is 0.103. The molecule has 20 heavy (non-hydrogen) atoms. The highest BCUT2D eigenvalue weighted by molar-refractivity contribution is 14.1. The van der Waals surface area contributed by atoms with Crippen LogP contribution in [0.2, 0.25) is 0 Å². The van der Waals surface area contributed by atoms with Crippen molar-refractivity contribution in [3.05, 3.63) is 67.4 Å². The number of carbonyl (C=O) groups excluding carboxylic acids is 1. The van der Waals surface area contributed by atoms with Crippen LogP contribution in [0.4, 0.5) is 4.39 Å². The summed E-state index contributed by atoms with van der Waals surface area (Å²) in [7, 11) is 0. The Morgan fingerprint density at radius 3 is 2.55 bits per heavy atom. The molecule has 0 radical (unpaired) electrons. The van der Waals surface area contributed by atoms with Gasteiger partial charge >= 0.3 is 5.69 Å². The molecule has 0 atom stereocenters. The number of aromatic nitrogens is 2. The fourth-order valence-electron chi connectivity index (χ4n) is 2.00. The van der Waals surface area contributed by atoms with Crippen LogP contribution in [0.5, 0.6) is 0 Å². The molecule has 100 valence electrons. The second-order valence-electron chi connectivity index (χ2n) is 4.29. The van der Waals surface area contributed by atoms with Crippen molar-refractivity contribution in [3.8, 4) is 0 Å². The van der Waals surface area contributed by atoms with E-state index in [-0.39, 0.29) is 17.3 Å². The number of H-pyrrole nitrogens is 2. The van der Waals surface area contributed by atoms with E-state index in [4.69, 9.17) is 0 Å². The number of carbonyl (C=O) groups is 1. The fourth-order valence-corrected chi connectivity index (χ4v) is 2.73. The highest BCUT2D eigenvalue weighted by Crippen LogP contribution is 2.19. The third-order valence-electron chi connectivity index (χ3n) is 2.95. The molecule has 0 bridgehead atoms. The number of hydrogen-bond donors (Lipinski definition) is 2. The minimum absolute atomic E-state index is 0.210. The average Bonchev–Trinajstić information content (AvgIpc) is 2.77. The minimum atomic E-state index is -0.378. The van der Waals surface area contributed by atoms with Crippen molar-refractivity contribution in [2.24, 2.45) is 0 Å². The number of imidazole rings is 1. The molecule has 1 heterocycles. The van der Waals surface area contributed by atoms with Gasteiger partial charge in [0.1, 0.15) is 5.82 Å². The summed E-state index contributed by atoms with van der Waals surface area (Å²) in [6, 6.07) is 8.93. The van der Waals surface area contributed by atoms with Crippen LogP contribution < -0.4 is 5.69 Å². The van der Waals surface area contributed by atoms with Gasteiger partial charge < -0.3 is 9.97 Å². The quantitative estimate of drug-likeness (QED) is 0.529. The minimum Gasteiger partial charge on any atom is -0.306 e. The highest BCUT2D eigenvalue weighted by Gasteiger charge is 2.14. The third-order valence-corrected chi connectivity index (χ3v) is 3.85. The Hall–Kier alpha value is -1.96. The maximum absolute atomic E-state index is 13.1. The number of rotatable bonds is 2. The van der Waals surface area contributed by atoms with E-state index in [1.54, 1.807) is 18.2 Å². The lowest BCUT2D eigenvalue weighted by atomic mass is 10.0. The van der Waals surface area contributed by atoms with Crippen molar-refractivity contribution >= 4 is 39.4 Å². The number of ketones is 1. The number of aromatic amines is 2. The first-order chi connectivity index (χ1) is 9.54. The van der Waals surface area contributed by atoms with E-state index in [0.717, 1.165) is 0 Å². The lowest BCUT2D eigenvalue weighted by Crippen LogP contribution is -2.04. The Labute approximate surface area is 126 Å². The summed E-state index contributed by atoms with van der Waals surface area (Å²) in [6.07, 6.45) is 0. The van der Waals surface area contributed by atoms with Gasteiger partial charge in [-0.2, -0.15) is 0 Å². The third kappa shape index (κ3) is 2.26.